The number of hydrogen-bond donors (Lipinski definition) is 1. The largest absolute Gasteiger partial charge is 0.484 e. The van der Waals surface area contributed by atoms with E-state index in [1.165, 1.54) is 12.1 Å². The number of nitrogens with one attached hydrogen (secondary N) is 1. The van der Waals surface area contributed by atoms with E-state index in [0.29, 0.717) is 48.2 Å². The number of hydrogen-bond acceptors (Lipinski definition) is 8. The highest BCUT2D eigenvalue weighted by molar-refractivity contribution is 7.90. The summed E-state index contributed by atoms with van der Waals surface area (Å²) in [5, 5.41) is 2.62. The lowest BCUT2D eigenvalue weighted by Gasteiger charge is -2.26. The third-order valence-corrected chi connectivity index (χ3v) is 9.31. The second-order valence-corrected chi connectivity index (χ2v) is 12.6. The van der Waals surface area contributed by atoms with Gasteiger partial charge in [0, 0.05) is 36.5 Å². The molecule has 3 aromatic carbocycles. The van der Waals surface area contributed by atoms with Crippen LogP contribution in [-0.2, 0) is 38.1 Å². The minimum Gasteiger partial charge on any atom is -0.484 e. The molecule has 0 saturated carbocycles. The predicted molar refractivity (Wildman–Crippen MR) is 167 cm³/mol. The molecule has 1 aliphatic carbocycles. The zero-order valence-corrected chi connectivity index (χ0v) is 25.8. The summed E-state index contributed by atoms with van der Waals surface area (Å²) >= 11 is 0. The summed E-state index contributed by atoms with van der Waals surface area (Å²) < 4.78 is 41.6. The van der Waals surface area contributed by atoms with Crippen LogP contribution in [0.4, 0.5) is 0 Å². The Labute approximate surface area is 262 Å². The molecule has 1 aromatic heterocycles. The van der Waals surface area contributed by atoms with Crippen molar-refractivity contribution < 1.29 is 32.3 Å². The Kier molecular flexibility index (Phi) is 10.1. The van der Waals surface area contributed by atoms with Crippen molar-refractivity contribution in [3.8, 4) is 5.75 Å². The minimum atomic E-state index is -4.12. The van der Waals surface area contributed by atoms with Crippen LogP contribution in [0.5, 0.6) is 5.75 Å². The van der Waals surface area contributed by atoms with E-state index in [-0.39, 0.29) is 35.8 Å². The number of ether oxygens (including phenoxy) is 2. The number of carbonyl (C=O) groups excluding carboxylic acids is 3. The molecule has 10 nitrogen and oxygen atoms in total. The maximum Gasteiger partial charge on any atom is 0.307 e. The zero-order chi connectivity index (χ0) is 31.8. The highest BCUT2D eigenvalue weighted by Gasteiger charge is 2.30. The molecule has 5 rings (SSSR count). The van der Waals surface area contributed by atoms with Gasteiger partial charge in [0.2, 0.25) is 0 Å². The van der Waals surface area contributed by atoms with Gasteiger partial charge in [-0.15, -0.1) is 0 Å². The van der Waals surface area contributed by atoms with Crippen molar-refractivity contribution in [3.05, 3.63) is 113 Å². The maximum absolute atomic E-state index is 14.1. The molecular formula is C34H35N3O7S. The average Bonchev–Trinajstić information content (AvgIpc) is 3.56. The summed E-state index contributed by atoms with van der Waals surface area (Å²) in [5.74, 6) is -1.24. The van der Waals surface area contributed by atoms with Gasteiger partial charge in [-0.1, -0.05) is 42.5 Å². The van der Waals surface area contributed by atoms with E-state index in [9.17, 15) is 22.8 Å². The van der Waals surface area contributed by atoms with Gasteiger partial charge in [-0.3, -0.25) is 14.4 Å². The van der Waals surface area contributed by atoms with Gasteiger partial charge in [-0.2, -0.15) is 0 Å². The fourth-order valence-electron chi connectivity index (χ4n) is 5.46. The Morgan fingerprint density at radius 1 is 1.02 bits per heavy atom. The van der Waals surface area contributed by atoms with Crippen LogP contribution in [0.2, 0.25) is 0 Å². The molecule has 1 N–H and O–H groups in total. The molecule has 45 heavy (non-hydrogen) atoms. The minimum absolute atomic E-state index is 0.00384. The quantitative estimate of drug-likeness (QED) is 0.207. The Balaban J connectivity index is 1.49. The summed E-state index contributed by atoms with van der Waals surface area (Å²) in [6, 6.07) is 19.0. The molecule has 1 amide bonds. The number of carbonyl (C=O) groups is 3. The number of sulfone groups is 1. The molecule has 11 heteroatoms. The SMILES string of the molecule is CCOC(=O)CCNC(=O)c1ccccc1S(=O)(=O)Cc1c(O[C@H](Cn2ccnc2)c2ccccc2)ccc2c1CCCC2=O. The number of imidazole rings is 1. The smallest absolute Gasteiger partial charge is 0.307 e. The Morgan fingerprint density at radius 2 is 1.80 bits per heavy atom. The number of esters is 1. The van der Waals surface area contributed by atoms with Gasteiger partial charge in [0.05, 0.1) is 42.1 Å². The van der Waals surface area contributed by atoms with E-state index in [1.54, 1.807) is 43.7 Å². The van der Waals surface area contributed by atoms with Crippen molar-refractivity contribution in [3.63, 3.8) is 0 Å². The first-order valence-corrected chi connectivity index (χ1v) is 16.5. The van der Waals surface area contributed by atoms with Crippen molar-refractivity contribution in [2.75, 3.05) is 13.2 Å². The molecule has 0 spiro atoms. The molecular weight excluding hydrogens is 594 g/mol. The second-order valence-electron chi connectivity index (χ2n) is 10.7. The molecule has 0 radical (unpaired) electrons. The van der Waals surface area contributed by atoms with Gasteiger partial charge in [0.25, 0.3) is 5.91 Å². The molecule has 0 fully saturated rings. The van der Waals surface area contributed by atoms with Crippen LogP contribution >= 0.6 is 0 Å². The Bertz CT molecular complexity index is 1770. The summed E-state index contributed by atoms with van der Waals surface area (Å²) in [7, 11) is -4.12. The lowest BCUT2D eigenvalue weighted by atomic mass is 9.87. The molecule has 0 bridgehead atoms. The number of nitrogens with zero attached hydrogens (tertiary/aromatic N) is 2. The molecule has 1 aliphatic rings. The third-order valence-electron chi connectivity index (χ3n) is 7.62. The fourth-order valence-corrected chi connectivity index (χ4v) is 7.10. The van der Waals surface area contributed by atoms with Gasteiger partial charge in [-0.05, 0) is 55.2 Å². The van der Waals surface area contributed by atoms with Gasteiger partial charge >= 0.3 is 5.97 Å². The average molecular weight is 630 g/mol. The van der Waals surface area contributed by atoms with Crippen LogP contribution < -0.4 is 10.1 Å². The highest BCUT2D eigenvalue weighted by Crippen LogP contribution is 2.37. The standard InChI is InChI=1S/C34H35N3O7S/c1-2-43-33(39)17-18-36-34(40)27-11-6-7-14-32(27)45(41,42)22-28-25-12-8-13-29(38)26(25)15-16-30(28)44-31(21-37-20-19-35-23-37)24-9-4-3-5-10-24/h3-7,9-11,14-16,19-20,23,31H,2,8,12-13,17-18,21-22H2,1H3,(H,36,40)/t31-/m1/s1. The first-order valence-electron chi connectivity index (χ1n) is 14.9. The van der Waals surface area contributed by atoms with E-state index in [4.69, 9.17) is 9.47 Å². The normalized spacial score (nSPS) is 13.5. The maximum atomic E-state index is 14.1. The predicted octanol–water partition coefficient (Wildman–Crippen LogP) is 4.88. The van der Waals surface area contributed by atoms with Crippen LogP contribution in [0.15, 0.2) is 90.3 Å². The lowest BCUT2D eigenvalue weighted by molar-refractivity contribution is -0.142. The van der Waals surface area contributed by atoms with Gasteiger partial charge < -0.3 is 19.4 Å². The summed E-state index contributed by atoms with van der Waals surface area (Å²) in [6.07, 6.45) is 6.17. The van der Waals surface area contributed by atoms with Crippen molar-refractivity contribution in [2.24, 2.45) is 0 Å². The number of Topliss-reactive ketones (excluding diaryl/α,β-unsaturated/α-hetero) is 1. The van der Waals surface area contributed by atoms with E-state index < -0.39 is 33.6 Å². The van der Waals surface area contributed by atoms with E-state index in [1.807, 2.05) is 41.1 Å². The Hall–Kier alpha value is -4.77. The Morgan fingerprint density at radius 3 is 2.56 bits per heavy atom. The highest BCUT2D eigenvalue weighted by atomic mass is 32.2. The summed E-state index contributed by atoms with van der Waals surface area (Å²) in [4.78, 5) is 41.7. The lowest BCUT2D eigenvalue weighted by Crippen LogP contribution is -2.28. The molecule has 1 atom stereocenters. The monoisotopic (exact) mass is 629 g/mol. The zero-order valence-electron chi connectivity index (χ0n) is 25.0. The van der Waals surface area contributed by atoms with Gasteiger partial charge in [0.15, 0.2) is 15.6 Å². The third kappa shape index (κ3) is 7.66. The van der Waals surface area contributed by atoms with Crippen LogP contribution in [0.1, 0.15) is 69.7 Å². The summed E-state index contributed by atoms with van der Waals surface area (Å²) in [6.45, 7) is 2.33. The van der Waals surface area contributed by atoms with E-state index in [2.05, 4.69) is 10.3 Å². The van der Waals surface area contributed by atoms with Gasteiger partial charge in [-0.25, -0.2) is 13.4 Å². The van der Waals surface area contributed by atoms with Crippen molar-refractivity contribution in [1.29, 1.82) is 0 Å². The number of aromatic nitrogens is 2. The van der Waals surface area contributed by atoms with Crippen LogP contribution in [0.25, 0.3) is 0 Å². The van der Waals surface area contributed by atoms with Gasteiger partial charge in [0.1, 0.15) is 11.9 Å². The molecule has 1 heterocycles. The number of fused-ring (bicyclic) bond motifs is 1. The van der Waals surface area contributed by atoms with Crippen LogP contribution in [0, 0.1) is 0 Å². The van der Waals surface area contributed by atoms with E-state index in [0.717, 1.165) is 5.56 Å². The fraction of sp³-hybridized carbons (Fsp3) is 0.294. The van der Waals surface area contributed by atoms with E-state index >= 15 is 0 Å². The number of rotatable bonds is 13. The molecule has 0 unspecified atom stereocenters. The number of amides is 1. The summed E-state index contributed by atoms with van der Waals surface area (Å²) in [5.41, 5.74) is 2.41. The topological polar surface area (TPSA) is 134 Å². The molecule has 4 aromatic rings. The molecule has 0 aliphatic heterocycles. The van der Waals surface area contributed by atoms with Crippen molar-refractivity contribution in [1.82, 2.24) is 14.9 Å². The second kappa shape index (κ2) is 14.3. The van der Waals surface area contributed by atoms with Crippen LogP contribution in [0.3, 0.4) is 0 Å². The first-order chi connectivity index (χ1) is 21.8. The number of ketones is 1. The number of benzene rings is 3. The molecule has 0 saturated heterocycles. The van der Waals surface area contributed by atoms with Crippen molar-refractivity contribution in [2.45, 2.75) is 55.9 Å². The first kappa shape index (κ1) is 31.6. The van der Waals surface area contributed by atoms with Crippen molar-refractivity contribution >= 4 is 27.5 Å². The van der Waals surface area contributed by atoms with Crippen LogP contribution in [-0.4, -0.2) is 48.8 Å². The molecule has 234 valence electrons.